The number of non-ortho nitro benzene ring substituents is 1. The molecule has 1 N–H and O–H groups in total. The Morgan fingerprint density at radius 2 is 1.72 bits per heavy atom. The van der Waals surface area contributed by atoms with Crippen LogP contribution in [0.2, 0.25) is 0 Å². The standard InChI is InChI=1S/C25H24N4O6S/c30-29(31)19-10-11-21(25(16-19)36(32,33)28-12-14-34-15-13-28)26-27-22-17-24(18-6-2-1-3-7-18)35-23-9-5-4-8-20(22)23/h1-11,16,24,26H,12-15,17H2/b27-22+/t24-/m0/s1. The number of ether oxygens (including phenoxy) is 2. The van der Waals surface area contributed by atoms with Gasteiger partial charge in [0.2, 0.25) is 10.0 Å². The zero-order chi connectivity index (χ0) is 25.1. The summed E-state index contributed by atoms with van der Waals surface area (Å²) < 4.78 is 39.6. The van der Waals surface area contributed by atoms with E-state index >= 15 is 0 Å². The Bertz CT molecular complexity index is 1410. The molecule has 0 radical (unpaired) electrons. The van der Waals surface area contributed by atoms with Crippen LogP contribution in [0.15, 0.2) is 82.8 Å². The molecule has 0 unspecified atom stereocenters. The van der Waals surface area contributed by atoms with Crippen molar-refractivity contribution in [1.29, 1.82) is 0 Å². The second kappa shape index (κ2) is 10.1. The zero-order valence-corrected chi connectivity index (χ0v) is 20.1. The highest BCUT2D eigenvalue weighted by Gasteiger charge is 2.31. The van der Waals surface area contributed by atoms with E-state index < -0.39 is 14.9 Å². The van der Waals surface area contributed by atoms with E-state index in [-0.39, 0.29) is 48.7 Å². The van der Waals surface area contributed by atoms with E-state index in [1.807, 2.05) is 54.6 Å². The molecule has 2 aliphatic heterocycles. The van der Waals surface area contributed by atoms with Crippen molar-refractivity contribution in [3.63, 3.8) is 0 Å². The molecule has 2 heterocycles. The predicted molar refractivity (Wildman–Crippen MR) is 134 cm³/mol. The summed E-state index contributed by atoms with van der Waals surface area (Å²) in [5.74, 6) is 0.669. The smallest absolute Gasteiger partial charge is 0.270 e. The lowest BCUT2D eigenvalue weighted by molar-refractivity contribution is -0.385. The molecule has 36 heavy (non-hydrogen) atoms. The molecule has 0 aliphatic carbocycles. The number of anilines is 1. The van der Waals surface area contributed by atoms with Gasteiger partial charge in [-0.3, -0.25) is 15.5 Å². The first-order chi connectivity index (χ1) is 17.4. The average molecular weight is 509 g/mol. The van der Waals surface area contributed by atoms with Gasteiger partial charge in [0.15, 0.2) is 0 Å². The lowest BCUT2D eigenvalue weighted by Crippen LogP contribution is -2.40. The van der Waals surface area contributed by atoms with Crippen molar-refractivity contribution in [3.05, 3.63) is 94.0 Å². The highest BCUT2D eigenvalue weighted by Crippen LogP contribution is 2.36. The Morgan fingerprint density at radius 3 is 2.47 bits per heavy atom. The molecule has 1 saturated heterocycles. The molecule has 3 aromatic carbocycles. The molecular formula is C25H24N4O6S. The van der Waals surface area contributed by atoms with Crippen molar-refractivity contribution in [2.45, 2.75) is 17.4 Å². The van der Waals surface area contributed by atoms with E-state index in [0.717, 1.165) is 17.2 Å². The third-order valence-electron chi connectivity index (χ3n) is 6.09. The molecule has 0 aromatic heterocycles. The fourth-order valence-corrected chi connectivity index (χ4v) is 5.80. The number of fused-ring (bicyclic) bond motifs is 1. The third-order valence-corrected chi connectivity index (χ3v) is 8.03. The maximum absolute atomic E-state index is 13.4. The number of rotatable bonds is 6. The molecule has 0 bridgehead atoms. The predicted octanol–water partition coefficient (Wildman–Crippen LogP) is 3.96. The van der Waals surface area contributed by atoms with Crippen LogP contribution in [0.5, 0.6) is 5.75 Å². The van der Waals surface area contributed by atoms with Gasteiger partial charge in [0.05, 0.1) is 29.5 Å². The SMILES string of the molecule is O=[N+]([O-])c1ccc(N/N=C2\C[C@@H](c3ccccc3)Oc3ccccc32)c(S(=O)(=O)N2CCOCC2)c1. The number of nitrogens with zero attached hydrogens (tertiary/aromatic N) is 3. The van der Waals surface area contributed by atoms with E-state index in [4.69, 9.17) is 9.47 Å². The molecule has 3 aromatic rings. The first-order valence-corrected chi connectivity index (χ1v) is 12.9. The lowest BCUT2D eigenvalue weighted by atomic mass is 9.96. The second-order valence-corrected chi connectivity index (χ2v) is 10.2. The van der Waals surface area contributed by atoms with E-state index in [9.17, 15) is 18.5 Å². The van der Waals surface area contributed by atoms with Gasteiger partial charge >= 0.3 is 0 Å². The van der Waals surface area contributed by atoms with E-state index in [1.54, 1.807) is 0 Å². The van der Waals surface area contributed by atoms with Gasteiger partial charge in [0.1, 0.15) is 16.7 Å². The number of nitro groups is 1. The van der Waals surface area contributed by atoms with Crippen molar-refractivity contribution in [1.82, 2.24) is 4.31 Å². The summed E-state index contributed by atoms with van der Waals surface area (Å²) in [4.78, 5) is 10.6. The number of morpholine rings is 1. The molecule has 1 fully saturated rings. The summed E-state index contributed by atoms with van der Waals surface area (Å²) in [6.45, 7) is 0.860. The highest BCUT2D eigenvalue weighted by molar-refractivity contribution is 7.89. The van der Waals surface area contributed by atoms with Crippen molar-refractivity contribution >= 4 is 27.1 Å². The number of hydrogen-bond donors (Lipinski definition) is 1. The van der Waals surface area contributed by atoms with Crippen molar-refractivity contribution in [2.75, 3.05) is 31.7 Å². The molecule has 1 atom stereocenters. The summed E-state index contributed by atoms with van der Waals surface area (Å²) in [5.41, 5.74) is 5.17. The largest absolute Gasteiger partial charge is 0.485 e. The Balaban J connectivity index is 1.52. The van der Waals surface area contributed by atoms with Crippen LogP contribution in [-0.2, 0) is 14.8 Å². The van der Waals surface area contributed by atoms with Crippen LogP contribution in [0, 0.1) is 10.1 Å². The molecule has 10 nitrogen and oxygen atoms in total. The molecule has 11 heteroatoms. The van der Waals surface area contributed by atoms with Crippen LogP contribution >= 0.6 is 0 Å². The van der Waals surface area contributed by atoms with Crippen LogP contribution < -0.4 is 10.2 Å². The van der Waals surface area contributed by atoms with E-state index in [2.05, 4.69) is 10.5 Å². The van der Waals surface area contributed by atoms with E-state index in [0.29, 0.717) is 17.9 Å². The molecule has 0 saturated carbocycles. The van der Waals surface area contributed by atoms with Gasteiger partial charge in [-0.05, 0) is 23.8 Å². The van der Waals surface area contributed by atoms with Crippen LogP contribution in [0.1, 0.15) is 23.7 Å². The van der Waals surface area contributed by atoms with Gasteiger partial charge in [0.25, 0.3) is 5.69 Å². The van der Waals surface area contributed by atoms with Gasteiger partial charge in [-0.15, -0.1) is 0 Å². The minimum absolute atomic E-state index is 0.153. The van der Waals surface area contributed by atoms with Crippen LogP contribution in [0.4, 0.5) is 11.4 Å². The van der Waals surface area contributed by atoms with Gasteiger partial charge in [-0.2, -0.15) is 9.41 Å². The molecule has 0 amide bonds. The van der Waals surface area contributed by atoms with Gasteiger partial charge in [-0.25, -0.2) is 8.42 Å². The number of para-hydroxylation sites is 1. The number of nitro benzene ring substituents is 1. The van der Waals surface area contributed by atoms with Gasteiger partial charge in [0, 0.05) is 37.2 Å². The van der Waals surface area contributed by atoms with Crippen molar-refractivity contribution < 1.29 is 22.8 Å². The number of sulfonamides is 1. The summed E-state index contributed by atoms with van der Waals surface area (Å²) in [7, 11) is -4.02. The summed E-state index contributed by atoms with van der Waals surface area (Å²) in [6.07, 6.45) is 0.182. The van der Waals surface area contributed by atoms with Crippen LogP contribution in [0.25, 0.3) is 0 Å². The maximum Gasteiger partial charge on any atom is 0.270 e. The fraction of sp³-hybridized carbons (Fsp3) is 0.240. The van der Waals surface area contributed by atoms with Gasteiger partial charge in [-0.1, -0.05) is 42.5 Å². The number of benzene rings is 3. The third kappa shape index (κ3) is 4.81. The Morgan fingerprint density at radius 1 is 1.00 bits per heavy atom. The van der Waals surface area contributed by atoms with Crippen LogP contribution in [0.3, 0.4) is 0 Å². The lowest BCUT2D eigenvalue weighted by Gasteiger charge is -2.28. The first-order valence-electron chi connectivity index (χ1n) is 11.4. The Labute approximate surface area is 208 Å². The monoisotopic (exact) mass is 508 g/mol. The Kier molecular flexibility index (Phi) is 6.68. The fourth-order valence-electron chi connectivity index (χ4n) is 4.23. The van der Waals surface area contributed by atoms with Crippen LogP contribution in [-0.4, -0.2) is 49.7 Å². The van der Waals surface area contributed by atoms with Gasteiger partial charge < -0.3 is 9.47 Å². The second-order valence-electron chi connectivity index (χ2n) is 8.34. The first kappa shape index (κ1) is 23.9. The molecule has 0 spiro atoms. The average Bonchev–Trinajstić information content (AvgIpc) is 2.92. The highest BCUT2D eigenvalue weighted by atomic mass is 32.2. The summed E-state index contributed by atoms with van der Waals surface area (Å²) in [6, 6.07) is 21.0. The number of nitrogens with one attached hydrogen (secondary N) is 1. The number of hydrogen-bond acceptors (Lipinski definition) is 8. The van der Waals surface area contributed by atoms with Crippen molar-refractivity contribution in [3.8, 4) is 5.75 Å². The summed E-state index contributed by atoms with van der Waals surface area (Å²) >= 11 is 0. The molecule has 186 valence electrons. The quantitative estimate of drug-likeness (QED) is 0.395. The zero-order valence-electron chi connectivity index (χ0n) is 19.2. The summed E-state index contributed by atoms with van der Waals surface area (Å²) in [5, 5.41) is 16.0. The molecule has 5 rings (SSSR count). The number of hydrazone groups is 1. The Hall–Kier alpha value is -3.80. The maximum atomic E-state index is 13.4. The van der Waals surface area contributed by atoms with Crippen molar-refractivity contribution in [2.24, 2.45) is 5.10 Å². The normalized spacial score (nSPS) is 19.3. The van der Waals surface area contributed by atoms with E-state index in [1.165, 1.54) is 16.4 Å². The molecule has 2 aliphatic rings. The molecular weight excluding hydrogens is 484 g/mol. The topological polar surface area (TPSA) is 123 Å². The minimum atomic E-state index is -4.02. The minimum Gasteiger partial charge on any atom is -0.485 e.